The zero-order chi connectivity index (χ0) is 23.5. The van der Waals surface area contributed by atoms with Crippen molar-refractivity contribution in [2.45, 2.75) is 32.7 Å². The summed E-state index contributed by atoms with van der Waals surface area (Å²) in [5.41, 5.74) is 2.96. The summed E-state index contributed by atoms with van der Waals surface area (Å²) < 4.78 is 2.45. The molecule has 4 heterocycles. The van der Waals surface area contributed by atoms with Gasteiger partial charge in [0.2, 0.25) is 11.9 Å². The first kappa shape index (κ1) is 22.8. The lowest BCUT2D eigenvalue weighted by Gasteiger charge is -2.34. The average Bonchev–Trinajstić information content (AvgIpc) is 3.54. The van der Waals surface area contributed by atoms with Crippen molar-refractivity contribution in [3.8, 4) is 0 Å². The number of hydrogen-bond donors (Lipinski definition) is 1. The fourth-order valence-electron chi connectivity index (χ4n) is 4.47. The van der Waals surface area contributed by atoms with Crippen LogP contribution < -0.4 is 15.8 Å². The van der Waals surface area contributed by atoms with E-state index in [1.165, 1.54) is 21.8 Å². The molecular formula is C26H28N4O2S2. The van der Waals surface area contributed by atoms with E-state index in [4.69, 9.17) is 4.98 Å². The molecule has 0 aliphatic carbocycles. The maximum atomic E-state index is 13.4. The van der Waals surface area contributed by atoms with Crippen molar-refractivity contribution in [3.05, 3.63) is 79.6 Å². The third-order valence-electron chi connectivity index (χ3n) is 6.33. The van der Waals surface area contributed by atoms with E-state index in [9.17, 15) is 9.59 Å². The Labute approximate surface area is 206 Å². The van der Waals surface area contributed by atoms with Gasteiger partial charge in [-0.2, -0.15) is 0 Å². The number of aryl methyl sites for hydroxylation is 1. The highest BCUT2D eigenvalue weighted by Crippen LogP contribution is 2.25. The van der Waals surface area contributed by atoms with Gasteiger partial charge in [0.1, 0.15) is 4.70 Å². The Morgan fingerprint density at radius 2 is 2.00 bits per heavy atom. The Morgan fingerprint density at radius 1 is 1.15 bits per heavy atom. The number of hydrogen-bond acceptors (Lipinski definition) is 6. The summed E-state index contributed by atoms with van der Waals surface area (Å²) in [6.07, 6.45) is 2.60. The van der Waals surface area contributed by atoms with Crippen LogP contribution in [0.5, 0.6) is 0 Å². The molecule has 1 saturated heterocycles. The molecule has 1 amide bonds. The molecule has 5 rings (SSSR count). The quantitative estimate of drug-likeness (QED) is 0.414. The summed E-state index contributed by atoms with van der Waals surface area (Å²) >= 11 is 3.15. The Kier molecular flexibility index (Phi) is 6.78. The minimum atomic E-state index is -0.111. The van der Waals surface area contributed by atoms with Gasteiger partial charge in [0.05, 0.1) is 18.0 Å². The van der Waals surface area contributed by atoms with Crippen LogP contribution in [0.3, 0.4) is 0 Å². The zero-order valence-electron chi connectivity index (χ0n) is 19.2. The van der Waals surface area contributed by atoms with Crippen LogP contribution in [0.15, 0.2) is 58.0 Å². The number of anilines is 1. The normalized spacial score (nSPS) is 16.1. The lowest BCUT2D eigenvalue weighted by Crippen LogP contribution is -2.45. The number of carbonyl (C=O) groups is 1. The maximum Gasteiger partial charge on any atom is 0.273 e. The number of nitrogens with one attached hydrogen (secondary N) is 1. The molecule has 176 valence electrons. The lowest BCUT2D eigenvalue weighted by atomic mass is 9.97. The molecule has 1 aromatic carbocycles. The van der Waals surface area contributed by atoms with E-state index >= 15 is 0 Å². The predicted molar refractivity (Wildman–Crippen MR) is 140 cm³/mol. The first-order chi connectivity index (χ1) is 16.6. The predicted octanol–water partition coefficient (Wildman–Crippen LogP) is 4.45. The number of rotatable bonds is 7. The van der Waals surface area contributed by atoms with Gasteiger partial charge in [0.25, 0.3) is 5.56 Å². The summed E-state index contributed by atoms with van der Waals surface area (Å²) in [6, 6.07) is 14.3. The standard InChI is InChI=1S/C26H28N4O2S2/c1-18-6-8-19(9-7-18)16-30-25(32)23-22(11-15-34-23)28-26(30)29-13-2-4-20(17-29)24(31)27-12-10-21-5-3-14-33-21/h3,5-9,11,14-15,20H,2,4,10,12-13,16-17H2,1H3,(H,27,31). The number of carbonyl (C=O) groups excluding carboxylic acids is 1. The summed E-state index contributed by atoms with van der Waals surface area (Å²) in [6.45, 7) is 4.52. The van der Waals surface area contributed by atoms with E-state index < -0.39 is 0 Å². The molecule has 1 unspecified atom stereocenters. The summed E-state index contributed by atoms with van der Waals surface area (Å²) in [7, 11) is 0. The van der Waals surface area contributed by atoms with Crippen molar-refractivity contribution in [1.82, 2.24) is 14.9 Å². The van der Waals surface area contributed by atoms with Crippen LogP contribution in [0.1, 0.15) is 28.8 Å². The third kappa shape index (κ3) is 4.93. The number of benzene rings is 1. The molecule has 0 saturated carbocycles. The van der Waals surface area contributed by atoms with Crippen LogP contribution in [0.25, 0.3) is 10.2 Å². The second-order valence-corrected chi connectivity index (χ2v) is 10.8. The lowest BCUT2D eigenvalue weighted by molar-refractivity contribution is -0.125. The minimum absolute atomic E-state index is 0.0157. The Balaban J connectivity index is 1.37. The molecule has 1 aliphatic heterocycles. The van der Waals surface area contributed by atoms with Gasteiger partial charge >= 0.3 is 0 Å². The highest BCUT2D eigenvalue weighted by atomic mass is 32.1. The molecule has 1 N–H and O–H groups in total. The molecule has 0 bridgehead atoms. The number of thiophene rings is 2. The van der Waals surface area contributed by atoms with Gasteiger partial charge in [-0.25, -0.2) is 4.98 Å². The van der Waals surface area contributed by atoms with Crippen molar-refractivity contribution >= 4 is 44.7 Å². The van der Waals surface area contributed by atoms with Gasteiger partial charge in [-0.15, -0.1) is 22.7 Å². The topological polar surface area (TPSA) is 67.2 Å². The van der Waals surface area contributed by atoms with E-state index in [1.54, 1.807) is 15.9 Å². The summed E-state index contributed by atoms with van der Waals surface area (Å²) in [5.74, 6) is 0.637. The molecule has 8 heteroatoms. The van der Waals surface area contributed by atoms with Crippen LogP contribution in [0.4, 0.5) is 5.95 Å². The van der Waals surface area contributed by atoms with Crippen molar-refractivity contribution in [2.24, 2.45) is 5.92 Å². The van der Waals surface area contributed by atoms with Crippen LogP contribution in [-0.2, 0) is 17.8 Å². The van der Waals surface area contributed by atoms with Gasteiger partial charge in [-0.05, 0) is 54.6 Å². The van der Waals surface area contributed by atoms with Crippen molar-refractivity contribution in [1.29, 1.82) is 0 Å². The fourth-order valence-corrected chi connectivity index (χ4v) is 5.96. The fraction of sp³-hybridized carbons (Fsp3) is 0.346. The van der Waals surface area contributed by atoms with Crippen LogP contribution in [0.2, 0.25) is 0 Å². The first-order valence-electron chi connectivity index (χ1n) is 11.7. The van der Waals surface area contributed by atoms with E-state index in [0.29, 0.717) is 30.3 Å². The second kappa shape index (κ2) is 10.1. The third-order valence-corrected chi connectivity index (χ3v) is 8.16. The number of piperidine rings is 1. The monoisotopic (exact) mass is 492 g/mol. The first-order valence-corrected chi connectivity index (χ1v) is 13.4. The molecule has 4 aromatic rings. The van der Waals surface area contributed by atoms with Gasteiger partial charge in [-0.3, -0.25) is 14.2 Å². The average molecular weight is 493 g/mol. The number of amides is 1. The van der Waals surface area contributed by atoms with Gasteiger partial charge in [0, 0.05) is 24.5 Å². The van der Waals surface area contributed by atoms with E-state index in [1.807, 2.05) is 17.5 Å². The van der Waals surface area contributed by atoms with E-state index in [2.05, 4.69) is 52.9 Å². The van der Waals surface area contributed by atoms with Crippen LogP contribution >= 0.6 is 22.7 Å². The Bertz CT molecular complexity index is 1330. The largest absolute Gasteiger partial charge is 0.355 e. The van der Waals surface area contributed by atoms with Gasteiger partial charge < -0.3 is 10.2 Å². The number of fused-ring (bicyclic) bond motifs is 1. The molecule has 1 atom stereocenters. The van der Waals surface area contributed by atoms with Crippen molar-refractivity contribution in [2.75, 3.05) is 24.5 Å². The van der Waals surface area contributed by atoms with Gasteiger partial charge in [0.15, 0.2) is 0 Å². The summed E-state index contributed by atoms with van der Waals surface area (Å²) in [4.78, 5) is 34.6. The smallest absolute Gasteiger partial charge is 0.273 e. The molecule has 34 heavy (non-hydrogen) atoms. The SMILES string of the molecule is Cc1ccc(Cn2c(N3CCCC(C(=O)NCCc4cccs4)C3)nc3ccsc3c2=O)cc1. The highest BCUT2D eigenvalue weighted by Gasteiger charge is 2.28. The van der Waals surface area contributed by atoms with Crippen molar-refractivity contribution in [3.63, 3.8) is 0 Å². The number of nitrogens with zero attached hydrogens (tertiary/aromatic N) is 3. The van der Waals surface area contributed by atoms with E-state index in [-0.39, 0.29) is 17.4 Å². The second-order valence-electron chi connectivity index (χ2n) is 8.83. The van der Waals surface area contributed by atoms with Crippen LogP contribution in [-0.4, -0.2) is 35.1 Å². The van der Waals surface area contributed by atoms with Gasteiger partial charge in [-0.1, -0.05) is 35.9 Å². The molecular weight excluding hydrogens is 464 g/mol. The minimum Gasteiger partial charge on any atom is -0.355 e. The van der Waals surface area contributed by atoms with Crippen molar-refractivity contribution < 1.29 is 4.79 Å². The molecule has 0 spiro atoms. The Morgan fingerprint density at radius 3 is 2.79 bits per heavy atom. The molecule has 3 aromatic heterocycles. The molecule has 0 radical (unpaired) electrons. The molecule has 1 aliphatic rings. The molecule has 6 nitrogen and oxygen atoms in total. The summed E-state index contributed by atoms with van der Waals surface area (Å²) in [5, 5.41) is 7.09. The van der Waals surface area contributed by atoms with E-state index in [0.717, 1.165) is 36.9 Å². The maximum absolute atomic E-state index is 13.4. The zero-order valence-corrected chi connectivity index (χ0v) is 20.8. The Hall–Kier alpha value is -2.97. The highest BCUT2D eigenvalue weighted by molar-refractivity contribution is 7.17. The van der Waals surface area contributed by atoms with Crippen LogP contribution in [0, 0.1) is 12.8 Å². The number of aromatic nitrogens is 2. The molecule has 1 fully saturated rings.